The van der Waals surface area contributed by atoms with Crippen LogP contribution in [0.4, 0.5) is 8.78 Å². The number of allylic oxidation sites excluding steroid dienone is 4. The average Bonchev–Trinajstić information content (AvgIpc) is 2.26. The van der Waals surface area contributed by atoms with E-state index in [1.165, 1.54) is 0 Å². The highest BCUT2D eigenvalue weighted by Gasteiger charge is 2.19. The molecule has 0 radical (unpaired) electrons. The minimum Gasteiger partial charge on any atom is -0.299 e. The lowest BCUT2D eigenvalue weighted by molar-refractivity contribution is -0.121. The monoisotopic (exact) mass is 228 g/mol. The number of rotatable bonds is 5. The number of carbonyl (C=O) groups is 1. The zero-order valence-corrected chi connectivity index (χ0v) is 9.75. The fraction of sp³-hybridized carbons (Fsp3) is 0.615. The molecule has 1 aliphatic carbocycles. The molecule has 3 heteroatoms. The molecule has 0 saturated heterocycles. The van der Waals surface area contributed by atoms with E-state index < -0.39 is 12.3 Å². The Morgan fingerprint density at radius 3 is 2.75 bits per heavy atom. The van der Waals surface area contributed by atoms with E-state index in [-0.39, 0.29) is 11.7 Å². The van der Waals surface area contributed by atoms with Crippen LogP contribution in [0.3, 0.4) is 0 Å². The molecule has 0 spiro atoms. The van der Waals surface area contributed by atoms with Crippen molar-refractivity contribution in [1.82, 2.24) is 0 Å². The number of hydrogen-bond acceptors (Lipinski definition) is 1. The molecule has 0 N–H and O–H groups in total. The van der Waals surface area contributed by atoms with Gasteiger partial charge in [0.1, 0.15) is 5.78 Å². The first-order chi connectivity index (χ1) is 7.50. The van der Waals surface area contributed by atoms with Gasteiger partial charge in [-0.2, -0.15) is 0 Å². The van der Waals surface area contributed by atoms with Crippen LogP contribution in [0.15, 0.2) is 23.8 Å². The van der Waals surface area contributed by atoms with Gasteiger partial charge in [-0.05, 0) is 12.8 Å². The van der Waals surface area contributed by atoms with Gasteiger partial charge in [0, 0.05) is 18.3 Å². The Morgan fingerprint density at radius 1 is 1.50 bits per heavy atom. The number of Topliss-reactive ketones (excluding diaryl/α,β-unsaturated/α-hetero) is 1. The minimum absolute atomic E-state index is 0.0269. The Morgan fingerprint density at radius 2 is 2.19 bits per heavy atom. The number of alkyl halides is 2. The molecule has 0 aromatic heterocycles. The third-order valence-electron chi connectivity index (χ3n) is 2.80. The molecule has 1 aliphatic rings. The number of halogens is 2. The van der Waals surface area contributed by atoms with E-state index in [0.29, 0.717) is 19.3 Å². The first-order valence-corrected chi connectivity index (χ1v) is 5.68. The lowest BCUT2D eigenvalue weighted by atomic mass is 9.92. The highest BCUT2D eigenvalue weighted by molar-refractivity contribution is 5.80. The molecule has 16 heavy (non-hydrogen) atoms. The van der Waals surface area contributed by atoms with Gasteiger partial charge in [-0.25, -0.2) is 8.78 Å². The second kappa shape index (κ2) is 5.92. The van der Waals surface area contributed by atoms with Gasteiger partial charge in [-0.15, -0.1) is 0 Å². The zero-order valence-electron chi connectivity index (χ0n) is 9.75. The molecule has 1 rings (SSSR count). The molecule has 0 bridgehead atoms. The zero-order chi connectivity index (χ0) is 12.1. The molecule has 90 valence electrons. The molecule has 0 amide bonds. The van der Waals surface area contributed by atoms with E-state index in [0.717, 1.165) is 5.57 Å². The SMILES string of the molecule is CC(C)C(=O)CCC1=C[C@@H](C(F)F)CC=C1. The summed E-state index contributed by atoms with van der Waals surface area (Å²) in [6, 6.07) is 0. The van der Waals surface area contributed by atoms with E-state index in [1.807, 2.05) is 19.9 Å². The highest BCUT2D eigenvalue weighted by atomic mass is 19.3. The maximum atomic E-state index is 12.5. The highest BCUT2D eigenvalue weighted by Crippen LogP contribution is 2.25. The second-order valence-electron chi connectivity index (χ2n) is 4.50. The van der Waals surface area contributed by atoms with E-state index in [4.69, 9.17) is 0 Å². The molecular weight excluding hydrogens is 210 g/mol. The van der Waals surface area contributed by atoms with E-state index in [2.05, 4.69) is 0 Å². The lowest BCUT2D eigenvalue weighted by Gasteiger charge is -2.15. The van der Waals surface area contributed by atoms with Gasteiger partial charge in [0.05, 0.1) is 0 Å². The molecule has 0 aromatic carbocycles. The Balaban J connectivity index is 2.48. The van der Waals surface area contributed by atoms with Crippen LogP contribution in [0.25, 0.3) is 0 Å². The summed E-state index contributed by atoms with van der Waals surface area (Å²) in [7, 11) is 0. The number of carbonyl (C=O) groups excluding carboxylic acids is 1. The maximum absolute atomic E-state index is 12.5. The van der Waals surface area contributed by atoms with Crippen molar-refractivity contribution >= 4 is 5.78 Å². The van der Waals surface area contributed by atoms with Crippen molar-refractivity contribution in [3.63, 3.8) is 0 Å². The van der Waals surface area contributed by atoms with Crippen LogP contribution >= 0.6 is 0 Å². The van der Waals surface area contributed by atoms with Crippen LogP contribution in [0.5, 0.6) is 0 Å². The molecule has 0 saturated carbocycles. The van der Waals surface area contributed by atoms with E-state index in [1.54, 1.807) is 12.2 Å². The fourth-order valence-corrected chi connectivity index (χ4v) is 1.67. The predicted octanol–water partition coefficient (Wildman–Crippen LogP) is 3.76. The van der Waals surface area contributed by atoms with Crippen molar-refractivity contribution < 1.29 is 13.6 Å². The second-order valence-corrected chi connectivity index (χ2v) is 4.50. The van der Waals surface area contributed by atoms with Crippen LogP contribution < -0.4 is 0 Å². The average molecular weight is 228 g/mol. The van der Waals surface area contributed by atoms with Crippen molar-refractivity contribution in [3.05, 3.63) is 23.8 Å². The van der Waals surface area contributed by atoms with Gasteiger partial charge in [-0.1, -0.05) is 37.6 Å². The largest absolute Gasteiger partial charge is 0.299 e. The van der Waals surface area contributed by atoms with Crippen LogP contribution in [-0.4, -0.2) is 12.2 Å². The van der Waals surface area contributed by atoms with E-state index >= 15 is 0 Å². The maximum Gasteiger partial charge on any atom is 0.245 e. The van der Waals surface area contributed by atoms with Gasteiger partial charge < -0.3 is 0 Å². The summed E-state index contributed by atoms with van der Waals surface area (Å²) in [5.41, 5.74) is 0.866. The molecule has 0 fully saturated rings. The summed E-state index contributed by atoms with van der Waals surface area (Å²) in [6.45, 7) is 3.71. The Bertz CT molecular complexity index is 303. The molecule has 0 aromatic rings. The molecule has 0 aliphatic heterocycles. The van der Waals surface area contributed by atoms with Gasteiger partial charge in [0.25, 0.3) is 0 Å². The normalized spacial score (nSPS) is 20.4. The van der Waals surface area contributed by atoms with Crippen molar-refractivity contribution in [2.75, 3.05) is 0 Å². The number of ketones is 1. The summed E-state index contributed by atoms with van der Waals surface area (Å²) < 4.78 is 25.0. The third kappa shape index (κ3) is 3.87. The number of hydrogen-bond donors (Lipinski definition) is 0. The Hall–Kier alpha value is -0.990. The molecule has 1 atom stereocenters. The van der Waals surface area contributed by atoms with Gasteiger partial charge in [0.15, 0.2) is 0 Å². The van der Waals surface area contributed by atoms with Crippen LogP contribution in [0, 0.1) is 11.8 Å². The van der Waals surface area contributed by atoms with Crippen molar-refractivity contribution in [2.45, 2.75) is 39.5 Å². The first-order valence-electron chi connectivity index (χ1n) is 5.68. The quantitative estimate of drug-likeness (QED) is 0.700. The summed E-state index contributed by atoms with van der Waals surface area (Å²) in [5, 5.41) is 0. The summed E-state index contributed by atoms with van der Waals surface area (Å²) in [6.07, 6.45) is 4.36. The molecular formula is C13H18F2O. The van der Waals surface area contributed by atoms with Crippen molar-refractivity contribution in [2.24, 2.45) is 11.8 Å². The topological polar surface area (TPSA) is 17.1 Å². The summed E-state index contributed by atoms with van der Waals surface area (Å²) >= 11 is 0. The first kappa shape index (κ1) is 13.1. The van der Waals surface area contributed by atoms with Crippen molar-refractivity contribution in [1.29, 1.82) is 0 Å². The Labute approximate surface area is 95.2 Å². The molecule has 0 heterocycles. The van der Waals surface area contributed by atoms with E-state index in [9.17, 15) is 13.6 Å². The molecule has 0 unspecified atom stereocenters. The predicted molar refractivity (Wildman–Crippen MR) is 60.4 cm³/mol. The van der Waals surface area contributed by atoms with Gasteiger partial charge >= 0.3 is 0 Å². The Kier molecular flexibility index (Phi) is 4.84. The van der Waals surface area contributed by atoms with Crippen LogP contribution in [0.2, 0.25) is 0 Å². The van der Waals surface area contributed by atoms with Crippen LogP contribution in [-0.2, 0) is 4.79 Å². The molecule has 1 nitrogen and oxygen atoms in total. The summed E-state index contributed by atoms with van der Waals surface area (Å²) in [4.78, 5) is 11.4. The van der Waals surface area contributed by atoms with Crippen molar-refractivity contribution in [3.8, 4) is 0 Å². The van der Waals surface area contributed by atoms with Gasteiger partial charge in [0.2, 0.25) is 6.43 Å². The summed E-state index contributed by atoms with van der Waals surface area (Å²) in [5.74, 6) is -0.457. The fourth-order valence-electron chi connectivity index (χ4n) is 1.67. The smallest absolute Gasteiger partial charge is 0.245 e. The third-order valence-corrected chi connectivity index (χ3v) is 2.80. The van der Waals surface area contributed by atoms with Gasteiger partial charge in [-0.3, -0.25) is 4.79 Å². The van der Waals surface area contributed by atoms with Crippen LogP contribution in [0.1, 0.15) is 33.1 Å². The standard InChI is InChI=1S/C13H18F2O/c1-9(2)12(16)7-6-10-4-3-5-11(8-10)13(14)15/h3-4,8-9,11,13H,5-7H2,1-2H3/t11-/m0/s1. The lowest BCUT2D eigenvalue weighted by Crippen LogP contribution is -2.11. The minimum atomic E-state index is -2.30.